The Labute approximate surface area is 118 Å². The molecule has 1 heterocycles. The first-order valence-corrected chi connectivity index (χ1v) is 6.52. The van der Waals surface area contributed by atoms with Gasteiger partial charge in [-0.3, -0.25) is 4.68 Å². The van der Waals surface area contributed by atoms with E-state index in [2.05, 4.69) is 41.7 Å². The summed E-state index contributed by atoms with van der Waals surface area (Å²) in [5.74, 6) is 0. The van der Waals surface area contributed by atoms with Gasteiger partial charge < -0.3 is 10.6 Å². The molecule has 2 aromatic rings. The molecule has 0 aliphatic carbocycles. The van der Waals surface area contributed by atoms with Crippen molar-refractivity contribution in [1.82, 2.24) is 9.78 Å². The molecule has 0 radical (unpaired) electrons. The highest BCUT2D eigenvalue weighted by molar-refractivity contribution is 7.80. The van der Waals surface area contributed by atoms with Crippen molar-refractivity contribution in [3.8, 4) is 0 Å². The third-order valence-electron chi connectivity index (χ3n) is 3.11. The Hall–Kier alpha value is -1.88. The summed E-state index contributed by atoms with van der Waals surface area (Å²) in [6, 6.07) is 6.22. The predicted octanol–water partition coefficient (Wildman–Crippen LogP) is 3.15. The van der Waals surface area contributed by atoms with Gasteiger partial charge in [-0.15, -0.1) is 0 Å². The summed E-state index contributed by atoms with van der Waals surface area (Å²) in [7, 11) is 1.90. The molecule has 1 aromatic heterocycles. The molecule has 19 heavy (non-hydrogen) atoms. The van der Waals surface area contributed by atoms with Crippen LogP contribution < -0.4 is 10.6 Å². The van der Waals surface area contributed by atoms with Crippen molar-refractivity contribution >= 4 is 28.7 Å². The van der Waals surface area contributed by atoms with Gasteiger partial charge >= 0.3 is 0 Å². The van der Waals surface area contributed by atoms with Crippen molar-refractivity contribution in [2.24, 2.45) is 7.05 Å². The molecule has 5 heteroatoms. The molecular weight excluding hydrogens is 256 g/mol. The molecule has 0 aliphatic rings. The zero-order valence-corrected chi connectivity index (χ0v) is 12.4. The standard InChI is InChI=1S/C14H18N4S/c1-9-5-6-12(10(2)7-9)16-14(19)17-13-8-15-18(4)11(13)3/h5-8H,1-4H3,(H2,16,17,19). The first-order valence-electron chi connectivity index (χ1n) is 6.11. The number of hydrogen-bond donors (Lipinski definition) is 2. The highest BCUT2D eigenvalue weighted by Gasteiger charge is 2.06. The van der Waals surface area contributed by atoms with Crippen LogP contribution in [0.1, 0.15) is 16.8 Å². The summed E-state index contributed by atoms with van der Waals surface area (Å²) in [5, 5.41) is 11.1. The molecule has 0 unspecified atom stereocenters. The number of nitrogens with zero attached hydrogens (tertiary/aromatic N) is 2. The third kappa shape index (κ3) is 3.12. The van der Waals surface area contributed by atoms with Crippen LogP contribution in [0.2, 0.25) is 0 Å². The van der Waals surface area contributed by atoms with Gasteiger partial charge in [0.25, 0.3) is 0 Å². The number of thiocarbonyl (C=S) groups is 1. The first kappa shape index (κ1) is 13.5. The molecule has 0 aliphatic heterocycles. The minimum atomic E-state index is 0.572. The van der Waals surface area contributed by atoms with Gasteiger partial charge in [0.2, 0.25) is 0 Å². The maximum atomic E-state index is 5.32. The topological polar surface area (TPSA) is 41.9 Å². The van der Waals surface area contributed by atoms with E-state index in [1.54, 1.807) is 6.20 Å². The quantitative estimate of drug-likeness (QED) is 0.826. The second-order valence-corrected chi connectivity index (χ2v) is 5.07. The molecule has 0 bridgehead atoms. The predicted molar refractivity (Wildman–Crippen MR) is 83.7 cm³/mol. The van der Waals surface area contributed by atoms with E-state index in [1.165, 1.54) is 11.1 Å². The van der Waals surface area contributed by atoms with E-state index in [-0.39, 0.29) is 0 Å². The van der Waals surface area contributed by atoms with E-state index >= 15 is 0 Å². The largest absolute Gasteiger partial charge is 0.332 e. The van der Waals surface area contributed by atoms with Gasteiger partial charge in [-0.2, -0.15) is 5.10 Å². The van der Waals surface area contributed by atoms with E-state index in [0.717, 1.165) is 17.1 Å². The van der Waals surface area contributed by atoms with Crippen molar-refractivity contribution in [2.45, 2.75) is 20.8 Å². The second-order valence-electron chi connectivity index (χ2n) is 4.66. The minimum Gasteiger partial charge on any atom is -0.332 e. The fourth-order valence-electron chi connectivity index (χ4n) is 1.85. The Balaban J connectivity index is 2.07. The molecular formula is C14H18N4S. The SMILES string of the molecule is Cc1ccc(NC(=S)Nc2cnn(C)c2C)c(C)c1. The number of anilines is 2. The van der Waals surface area contributed by atoms with Crippen molar-refractivity contribution < 1.29 is 0 Å². The summed E-state index contributed by atoms with van der Waals surface area (Å²) >= 11 is 5.32. The van der Waals surface area contributed by atoms with E-state index in [4.69, 9.17) is 12.2 Å². The first-order chi connectivity index (χ1) is 8.97. The molecule has 100 valence electrons. The van der Waals surface area contributed by atoms with E-state index < -0.39 is 0 Å². The molecule has 0 saturated heterocycles. The Morgan fingerprint density at radius 2 is 1.84 bits per heavy atom. The van der Waals surface area contributed by atoms with Crippen molar-refractivity contribution in [2.75, 3.05) is 10.6 Å². The lowest BCUT2D eigenvalue weighted by atomic mass is 10.1. The highest BCUT2D eigenvalue weighted by Crippen LogP contribution is 2.17. The van der Waals surface area contributed by atoms with Crippen LogP contribution in [-0.2, 0) is 7.05 Å². The Bertz CT molecular complexity index is 616. The van der Waals surface area contributed by atoms with Crippen molar-refractivity contribution in [3.05, 3.63) is 41.2 Å². The van der Waals surface area contributed by atoms with Gasteiger partial charge in [-0.1, -0.05) is 17.7 Å². The molecule has 2 rings (SSSR count). The Morgan fingerprint density at radius 1 is 1.16 bits per heavy atom. The Kier molecular flexibility index (Phi) is 3.85. The highest BCUT2D eigenvalue weighted by atomic mass is 32.1. The van der Waals surface area contributed by atoms with Crippen LogP contribution in [0.3, 0.4) is 0 Å². The second kappa shape index (κ2) is 5.40. The number of benzene rings is 1. The van der Waals surface area contributed by atoms with E-state index in [0.29, 0.717) is 5.11 Å². The summed E-state index contributed by atoms with van der Waals surface area (Å²) in [6.45, 7) is 6.13. The van der Waals surface area contributed by atoms with E-state index in [9.17, 15) is 0 Å². The van der Waals surface area contributed by atoms with Crippen LogP contribution in [0.5, 0.6) is 0 Å². The molecule has 0 atom stereocenters. The molecule has 0 saturated carbocycles. The summed E-state index contributed by atoms with van der Waals surface area (Å²) in [6.07, 6.45) is 1.77. The lowest BCUT2D eigenvalue weighted by Gasteiger charge is -2.12. The zero-order chi connectivity index (χ0) is 14.0. The van der Waals surface area contributed by atoms with Gasteiger partial charge in [-0.05, 0) is 44.6 Å². The van der Waals surface area contributed by atoms with Crippen molar-refractivity contribution in [3.63, 3.8) is 0 Å². The van der Waals surface area contributed by atoms with Crippen LogP contribution in [0.4, 0.5) is 11.4 Å². The molecule has 2 N–H and O–H groups in total. The smallest absolute Gasteiger partial charge is 0.175 e. The lowest BCUT2D eigenvalue weighted by Crippen LogP contribution is -2.20. The summed E-state index contributed by atoms with van der Waals surface area (Å²) in [4.78, 5) is 0. The maximum absolute atomic E-state index is 5.32. The molecule has 1 aromatic carbocycles. The number of rotatable bonds is 2. The average Bonchev–Trinajstić information content (AvgIpc) is 2.65. The van der Waals surface area contributed by atoms with Crippen LogP contribution in [0, 0.1) is 20.8 Å². The zero-order valence-electron chi connectivity index (χ0n) is 11.6. The molecule has 4 nitrogen and oxygen atoms in total. The fourth-order valence-corrected chi connectivity index (χ4v) is 2.07. The van der Waals surface area contributed by atoms with Crippen LogP contribution in [0.25, 0.3) is 0 Å². The van der Waals surface area contributed by atoms with Gasteiger partial charge in [0.05, 0.1) is 17.6 Å². The number of nitrogens with one attached hydrogen (secondary N) is 2. The average molecular weight is 274 g/mol. The summed E-state index contributed by atoms with van der Waals surface area (Å²) < 4.78 is 1.81. The van der Waals surface area contributed by atoms with Crippen LogP contribution in [-0.4, -0.2) is 14.9 Å². The molecule has 0 spiro atoms. The fraction of sp³-hybridized carbons (Fsp3) is 0.286. The minimum absolute atomic E-state index is 0.572. The number of hydrogen-bond acceptors (Lipinski definition) is 2. The van der Waals surface area contributed by atoms with Gasteiger partial charge in [0.15, 0.2) is 5.11 Å². The van der Waals surface area contributed by atoms with Gasteiger partial charge in [-0.25, -0.2) is 0 Å². The third-order valence-corrected chi connectivity index (χ3v) is 3.32. The number of aromatic nitrogens is 2. The molecule has 0 fully saturated rings. The van der Waals surface area contributed by atoms with Gasteiger partial charge in [0.1, 0.15) is 0 Å². The lowest BCUT2D eigenvalue weighted by molar-refractivity contribution is 0.740. The molecule has 0 amide bonds. The monoisotopic (exact) mass is 274 g/mol. The van der Waals surface area contributed by atoms with E-state index in [1.807, 2.05) is 24.7 Å². The summed E-state index contributed by atoms with van der Waals surface area (Å²) in [5.41, 5.74) is 5.40. The normalized spacial score (nSPS) is 10.3. The number of aryl methyl sites for hydroxylation is 3. The van der Waals surface area contributed by atoms with Crippen LogP contribution >= 0.6 is 12.2 Å². The van der Waals surface area contributed by atoms with Crippen molar-refractivity contribution in [1.29, 1.82) is 0 Å². The van der Waals surface area contributed by atoms with Gasteiger partial charge in [0, 0.05) is 12.7 Å². The van der Waals surface area contributed by atoms with Crippen LogP contribution in [0.15, 0.2) is 24.4 Å². The Morgan fingerprint density at radius 3 is 2.42 bits per heavy atom. The maximum Gasteiger partial charge on any atom is 0.175 e.